The summed E-state index contributed by atoms with van der Waals surface area (Å²) in [5.41, 5.74) is 1.99. The first-order chi connectivity index (χ1) is 13.4. The summed E-state index contributed by atoms with van der Waals surface area (Å²) >= 11 is 0. The lowest BCUT2D eigenvalue weighted by molar-refractivity contribution is -0.180. The molecular weight excluding hydrogens is 362 g/mol. The number of aliphatic carboxylic acids is 1. The monoisotopic (exact) mass is 383 g/mol. The molecule has 1 heterocycles. The quantitative estimate of drug-likeness (QED) is 0.746. The molecule has 0 saturated carbocycles. The zero-order valence-corrected chi connectivity index (χ0v) is 15.1. The fourth-order valence-electron chi connectivity index (χ4n) is 4.04. The van der Waals surface area contributed by atoms with E-state index in [4.69, 9.17) is 4.74 Å². The summed E-state index contributed by atoms with van der Waals surface area (Å²) in [4.78, 5) is 25.0. The van der Waals surface area contributed by atoms with Gasteiger partial charge in [-0.05, 0) is 28.7 Å². The van der Waals surface area contributed by atoms with Crippen molar-refractivity contribution in [2.75, 3.05) is 19.7 Å². The van der Waals surface area contributed by atoms with Crippen LogP contribution in [0.25, 0.3) is 11.1 Å². The van der Waals surface area contributed by atoms with Crippen LogP contribution >= 0.6 is 0 Å². The number of aliphatic hydroxyl groups is 2. The van der Waals surface area contributed by atoms with Crippen LogP contribution in [0.1, 0.15) is 23.5 Å². The van der Waals surface area contributed by atoms with Crippen molar-refractivity contribution in [2.24, 2.45) is 0 Å². The Morgan fingerprint density at radius 3 is 2.21 bits per heavy atom. The van der Waals surface area contributed by atoms with E-state index in [1.165, 1.54) is 0 Å². The zero-order valence-electron chi connectivity index (χ0n) is 15.1. The van der Waals surface area contributed by atoms with Gasteiger partial charge in [-0.15, -0.1) is 0 Å². The number of rotatable bonds is 3. The SMILES string of the molecule is O=C(OCC1c2ccccc2-c2ccccc21)N1CC[C@@H](O)[C@](O)(C(=O)O)C1. The molecule has 146 valence electrons. The summed E-state index contributed by atoms with van der Waals surface area (Å²) in [5.74, 6) is -1.67. The molecule has 28 heavy (non-hydrogen) atoms. The Morgan fingerprint density at radius 2 is 1.64 bits per heavy atom. The number of carbonyl (C=O) groups is 2. The fraction of sp³-hybridized carbons (Fsp3) is 0.333. The lowest BCUT2D eigenvalue weighted by Gasteiger charge is -2.39. The van der Waals surface area contributed by atoms with Gasteiger partial charge < -0.3 is 25.0 Å². The number of likely N-dealkylation sites (tertiary alicyclic amines) is 1. The van der Waals surface area contributed by atoms with Crippen LogP contribution in [-0.2, 0) is 9.53 Å². The second kappa shape index (κ2) is 6.92. The first-order valence-corrected chi connectivity index (χ1v) is 9.15. The standard InChI is InChI=1S/C21H21NO6/c23-18-9-10-22(12-21(18,27)19(24)25)20(26)28-11-17-15-7-3-1-5-13(15)14-6-2-4-8-16(14)17/h1-8,17-18,23,27H,9-12H2,(H,24,25)/t18-,21+/m1/s1. The van der Waals surface area contributed by atoms with Crippen molar-refractivity contribution in [1.82, 2.24) is 4.90 Å². The molecule has 3 N–H and O–H groups in total. The van der Waals surface area contributed by atoms with E-state index in [9.17, 15) is 24.9 Å². The van der Waals surface area contributed by atoms with E-state index in [2.05, 4.69) is 0 Å². The molecule has 2 atom stereocenters. The van der Waals surface area contributed by atoms with Crippen molar-refractivity contribution >= 4 is 12.1 Å². The first-order valence-electron chi connectivity index (χ1n) is 9.15. The minimum absolute atomic E-state index is 0.0347. The lowest BCUT2D eigenvalue weighted by Crippen LogP contribution is -2.62. The summed E-state index contributed by atoms with van der Waals surface area (Å²) in [5, 5.41) is 29.2. The molecule has 0 bridgehead atoms. The Morgan fingerprint density at radius 1 is 1.07 bits per heavy atom. The molecule has 0 aromatic heterocycles. The van der Waals surface area contributed by atoms with Gasteiger partial charge in [-0.1, -0.05) is 48.5 Å². The van der Waals surface area contributed by atoms with Gasteiger partial charge in [0.05, 0.1) is 12.6 Å². The molecule has 0 spiro atoms. The first kappa shape index (κ1) is 18.5. The molecule has 0 unspecified atom stereocenters. The van der Waals surface area contributed by atoms with Crippen molar-refractivity contribution in [1.29, 1.82) is 0 Å². The van der Waals surface area contributed by atoms with Crippen LogP contribution < -0.4 is 0 Å². The average molecular weight is 383 g/mol. The zero-order chi connectivity index (χ0) is 19.9. The van der Waals surface area contributed by atoms with Gasteiger partial charge in [0.1, 0.15) is 6.61 Å². The Hall–Kier alpha value is -2.90. The fourth-order valence-corrected chi connectivity index (χ4v) is 4.04. The molecule has 2 aromatic rings. The molecule has 1 fully saturated rings. The number of fused-ring (bicyclic) bond motifs is 3. The molecule has 2 aliphatic rings. The number of hydrogen-bond acceptors (Lipinski definition) is 5. The highest BCUT2D eigenvalue weighted by atomic mass is 16.6. The van der Waals surface area contributed by atoms with Gasteiger partial charge in [-0.25, -0.2) is 9.59 Å². The van der Waals surface area contributed by atoms with Crippen LogP contribution in [0.2, 0.25) is 0 Å². The summed E-state index contributed by atoms with van der Waals surface area (Å²) in [7, 11) is 0. The number of nitrogens with zero attached hydrogens (tertiary/aromatic N) is 1. The topological polar surface area (TPSA) is 107 Å². The molecule has 1 saturated heterocycles. The van der Waals surface area contributed by atoms with Crippen molar-refractivity contribution in [2.45, 2.75) is 24.0 Å². The highest BCUT2D eigenvalue weighted by Gasteiger charge is 2.49. The number of aliphatic hydroxyl groups excluding tert-OH is 1. The minimum atomic E-state index is -2.39. The van der Waals surface area contributed by atoms with Gasteiger partial charge >= 0.3 is 12.1 Å². The number of carbonyl (C=O) groups excluding carboxylic acids is 1. The molecule has 1 aliphatic heterocycles. The van der Waals surface area contributed by atoms with Gasteiger partial charge in [-0.3, -0.25) is 0 Å². The summed E-state index contributed by atoms with van der Waals surface area (Å²) < 4.78 is 5.49. The van der Waals surface area contributed by atoms with E-state index in [1.54, 1.807) is 0 Å². The maximum atomic E-state index is 12.5. The van der Waals surface area contributed by atoms with Gasteiger partial charge in [0.15, 0.2) is 0 Å². The minimum Gasteiger partial charge on any atom is -0.479 e. The molecule has 2 aromatic carbocycles. The third kappa shape index (κ3) is 2.93. The van der Waals surface area contributed by atoms with E-state index in [1.807, 2.05) is 48.5 Å². The smallest absolute Gasteiger partial charge is 0.409 e. The number of ether oxygens (including phenoxy) is 1. The normalized spacial score (nSPS) is 23.8. The van der Waals surface area contributed by atoms with Crippen molar-refractivity contribution in [3.05, 3.63) is 59.7 Å². The van der Waals surface area contributed by atoms with Crippen LogP contribution in [0.4, 0.5) is 4.79 Å². The molecule has 7 heteroatoms. The van der Waals surface area contributed by atoms with Crippen LogP contribution in [-0.4, -0.2) is 63.7 Å². The number of carboxylic acid groups (broad SMARTS) is 1. The summed E-state index contributed by atoms with van der Waals surface area (Å²) in [6.07, 6.45) is -2.16. The molecule has 7 nitrogen and oxygen atoms in total. The van der Waals surface area contributed by atoms with Gasteiger partial charge in [0, 0.05) is 12.5 Å². The van der Waals surface area contributed by atoms with Crippen LogP contribution in [0, 0.1) is 0 Å². The van der Waals surface area contributed by atoms with E-state index in [-0.39, 0.29) is 25.5 Å². The number of carboxylic acids is 1. The maximum Gasteiger partial charge on any atom is 0.409 e. The molecule has 1 amide bonds. The molecule has 0 radical (unpaired) electrons. The Kier molecular flexibility index (Phi) is 4.56. The van der Waals surface area contributed by atoms with Crippen molar-refractivity contribution < 1.29 is 29.6 Å². The van der Waals surface area contributed by atoms with Crippen molar-refractivity contribution in [3.63, 3.8) is 0 Å². The number of amides is 1. The van der Waals surface area contributed by atoms with E-state index < -0.39 is 30.3 Å². The highest BCUT2D eigenvalue weighted by Crippen LogP contribution is 2.44. The maximum absolute atomic E-state index is 12.5. The predicted molar refractivity (Wildman–Crippen MR) is 99.9 cm³/mol. The van der Waals surface area contributed by atoms with E-state index in [0.717, 1.165) is 27.2 Å². The lowest BCUT2D eigenvalue weighted by atomic mass is 9.90. The summed E-state index contributed by atoms with van der Waals surface area (Å²) in [6, 6.07) is 15.9. The molecule has 4 rings (SSSR count). The second-order valence-corrected chi connectivity index (χ2v) is 7.26. The largest absolute Gasteiger partial charge is 0.479 e. The van der Waals surface area contributed by atoms with Gasteiger partial charge in [-0.2, -0.15) is 0 Å². The number of benzene rings is 2. The third-order valence-electron chi connectivity index (χ3n) is 5.62. The number of hydrogen-bond donors (Lipinski definition) is 3. The molecular formula is C21H21NO6. The Labute approximate surface area is 161 Å². The van der Waals surface area contributed by atoms with Crippen molar-refractivity contribution in [3.8, 4) is 11.1 Å². The average Bonchev–Trinajstić information content (AvgIpc) is 3.02. The second-order valence-electron chi connectivity index (χ2n) is 7.26. The van der Waals surface area contributed by atoms with Crippen LogP contribution in [0.15, 0.2) is 48.5 Å². The van der Waals surface area contributed by atoms with Gasteiger partial charge in [0.25, 0.3) is 0 Å². The van der Waals surface area contributed by atoms with Crippen LogP contribution in [0.3, 0.4) is 0 Å². The number of β-amino-alcohol motifs (C(OH)–C–C–N with tert-alkyl or cyclic N) is 1. The highest BCUT2D eigenvalue weighted by molar-refractivity contribution is 5.81. The third-order valence-corrected chi connectivity index (χ3v) is 5.62. The van der Waals surface area contributed by atoms with E-state index >= 15 is 0 Å². The summed E-state index contributed by atoms with van der Waals surface area (Å²) in [6.45, 7) is -0.287. The number of piperidine rings is 1. The van der Waals surface area contributed by atoms with E-state index in [0.29, 0.717) is 0 Å². The van der Waals surface area contributed by atoms with Gasteiger partial charge in [0.2, 0.25) is 5.60 Å². The predicted octanol–water partition coefficient (Wildman–Crippen LogP) is 1.82. The Bertz CT molecular complexity index is 883. The Balaban J connectivity index is 1.49. The molecule has 1 aliphatic carbocycles. The van der Waals surface area contributed by atoms with Crippen LogP contribution in [0.5, 0.6) is 0 Å².